The standard InChI is InChI=1S/C17H13BrClFN4O2/c18-9-1-2-11-12(3-9)17(4-13(17)19)8-24(15(11)26)7-14(25)23-16-21-5-10(20)6-22-16/h1-3,5-6,13H,4,7-8H2,(H,21,22,23,25)/t13-,17+/m1/s1. The van der Waals surface area contributed by atoms with Gasteiger partial charge < -0.3 is 4.90 Å². The van der Waals surface area contributed by atoms with Gasteiger partial charge in [-0.2, -0.15) is 0 Å². The molecule has 2 heterocycles. The quantitative estimate of drug-likeness (QED) is 0.746. The molecule has 2 atom stereocenters. The van der Waals surface area contributed by atoms with E-state index in [1.54, 1.807) is 12.1 Å². The van der Waals surface area contributed by atoms with E-state index in [1.807, 2.05) is 6.07 Å². The van der Waals surface area contributed by atoms with Crippen LogP contribution >= 0.6 is 27.5 Å². The Bertz CT molecular complexity index is 910. The summed E-state index contributed by atoms with van der Waals surface area (Å²) in [5.74, 6) is -1.28. The van der Waals surface area contributed by atoms with Crippen molar-refractivity contribution in [1.29, 1.82) is 0 Å². The second-order valence-electron chi connectivity index (χ2n) is 6.45. The Morgan fingerprint density at radius 1 is 1.42 bits per heavy atom. The fourth-order valence-electron chi connectivity index (χ4n) is 3.33. The van der Waals surface area contributed by atoms with E-state index in [9.17, 15) is 14.0 Å². The first-order valence-corrected chi connectivity index (χ1v) is 9.13. The van der Waals surface area contributed by atoms with Gasteiger partial charge >= 0.3 is 0 Å². The number of nitrogens with zero attached hydrogens (tertiary/aromatic N) is 3. The summed E-state index contributed by atoms with van der Waals surface area (Å²) in [7, 11) is 0. The topological polar surface area (TPSA) is 75.2 Å². The molecular weight excluding hydrogens is 427 g/mol. The molecule has 134 valence electrons. The number of anilines is 1. The summed E-state index contributed by atoms with van der Waals surface area (Å²) in [4.78, 5) is 33.9. The lowest BCUT2D eigenvalue weighted by atomic mass is 9.86. The number of fused-ring (bicyclic) bond motifs is 2. The summed E-state index contributed by atoms with van der Waals surface area (Å²) >= 11 is 9.82. The molecular formula is C17H13BrClFN4O2. The molecule has 1 saturated carbocycles. The van der Waals surface area contributed by atoms with E-state index in [0.717, 1.165) is 28.9 Å². The van der Waals surface area contributed by atoms with Crippen LogP contribution < -0.4 is 5.32 Å². The fraction of sp³-hybridized carbons (Fsp3) is 0.294. The average molecular weight is 440 g/mol. The zero-order chi connectivity index (χ0) is 18.5. The third kappa shape index (κ3) is 2.97. The lowest BCUT2D eigenvalue weighted by Crippen LogP contribution is -2.47. The average Bonchev–Trinajstić information content (AvgIpc) is 3.25. The first-order valence-electron chi connectivity index (χ1n) is 7.90. The number of hydrogen-bond acceptors (Lipinski definition) is 4. The number of benzene rings is 1. The van der Waals surface area contributed by atoms with Gasteiger partial charge in [0, 0.05) is 27.4 Å². The molecule has 9 heteroatoms. The molecule has 0 bridgehead atoms. The largest absolute Gasteiger partial charge is 0.328 e. The second-order valence-corrected chi connectivity index (χ2v) is 7.89. The Morgan fingerprint density at radius 3 is 2.77 bits per heavy atom. The minimum atomic E-state index is -0.596. The lowest BCUT2D eigenvalue weighted by Gasteiger charge is -2.34. The summed E-state index contributed by atoms with van der Waals surface area (Å²) in [5.41, 5.74) is 1.17. The number of halogens is 3. The molecule has 1 aliphatic heterocycles. The summed E-state index contributed by atoms with van der Waals surface area (Å²) in [6.45, 7) is 0.224. The maximum Gasteiger partial charge on any atom is 0.254 e. The van der Waals surface area contributed by atoms with Crippen molar-refractivity contribution in [3.63, 3.8) is 0 Å². The Labute approximate surface area is 161 Å². The zero-order valence-electron chi connectivity index (χ0n) is 13.4. The molecule has 2 amide bonds. The van der Waals surface area contributed by atoms with Crippen LogP contribution in [-0.2, 0) is 10.2 Å². The van der Waals surface area contributed by atoms with Crippen molar-refractivity contribution >= 4 is 45.3 Å². The van der Waals surface area contributed by atoms with Crippen LogP contribution in [0.3, 0.4) is 0 Å². The Morgan fingerprint density at radius 2 is 2.12 bits per heavy atom. The summed E-state index contributed by atoms with van der Waals surface area (Å²) < 4.78 is 13.7. The highest BCUT2D eigenvalue weighted by Crippen LogP contribution is 2.56. The molecule has 1 aromatic carbocycles. The smallest absolute Gasteiger partial charge is 0.254 e. The van der Waals surface area contributed by atoms with Crippen molar-refractivity contribution in [3.8, 4) is 0 Å². The van der Waals surface area contributed by atoms with Crippen LogP contribution in [0.5, 0.6) is 0 Å². The van der Waals surface area contributed by atoms with Crippen molar-refractivity contribution in [1.82, 2.24) is 14.9 Å². The molecule has 2 aliphatic rings. The Hall–Kier alpha value is -2.06. The minimum Gasteiger partial charge on any atom is -0.328 e. The van der Waals surface area contributed by atoms with Gasteiger partial charge in [-0.3, -0.25) is 14.9 Å². The van der Waals surface area contributed by atoms with Crippen molar-refractivity contribution in [2.75, 3.05) is 18.4 Å². The van der Waals surface area contributed by atoms with E-state index in [-0.39, 0.29) is 29.2 Å². The number of nitrogens with one attached hydrogen (secondary N) is 1. The highest BCUT2D eigenvalue weighted by Gasteiger charge is 2.59. The molecule has 0 radical (unpaired) electrons. The molecule has 4 rings (SSSR count). The zero-order valence-corrected chi connectivity index (χ0v) is 15.7. The van der Waals surface area contributed by atoms with Crippen molar-refractivity contribution in [2.24, 2.45) is 0 Å². The number of aromatic nitrogens is 2. The van der Waals surface area contributed by atoms with E-state index in [4.69, 9.17) is 11.6 Å². The van der Waals surface area contributed by atoms with Gasteiger partial charge in [-0.05, 0) is 30.2 Å². The molecule has 0 saturated heterocycles. The van der Waals surface area contributed by atoms with Crippen molar-refractivity contribution in [3.05, 3.63) is 52.0 Å². The Balaban J connectivity index is 1.54. The maximum absolute atomic E-state index is 12.8. The van der Waals surface area contributed by atoms with Crippen LogP contribution in [0.2, 0.25) is 0 Å². The number of carbonyl (C=O) groups is 2. The molecule has 26 heavy (non-hydrogen) atoms. The van der Waals surface area contributed by atoms with Gasteiger partial charge in [0.25, 0.3) is 5.91 Å². The summed E-state index contributed by atoms with van der Waals surface area (Å²) in [6, 6.07) is 5.48. The molecule has 0 unspecified atom stereocenters. The molecule has 1 fully saturated rings. The van der Waals surface area contributed by atoms with Crippen LogP contribution in [0.15, 0.2) is 35.1 Å². The monoisotopic (exact) mass is 438 g/mol. The molecule has 6 nitrogen and oxygen atoms in total. The normalized spacial score (nSPS) is 23.7. The predicted molar refractivity (Wildman–Crippen MR) is 96.6 cm³/mol. The van der Waals surface area contributed by atoms with E-state index in [0.29, 0.717) is 12.1 Å². The van der Waals surface area contributed by atoms with Crippen molar-refractivity contribution in [2.45, 2.75) is 17.2 Å². The molecule has 1 spiro atoms. The summed E-state index contributed by atoms with van der Waals surface area (Å²) in [5, 5.41) is 2.39. The van der Waals surface area contributed by atoms with Gasteiger partial charge in [-0.1, -0.05) is 15.9 Å². The van der Waals surface area contributed by atoms with Gasteiger partial charge in [0.05, 0.1) is 12.4 Å². The van der Waals surface area contributed by atoms with Gasteiger partial charge in [-0.15, -0.1) is 11.6 Å². The number of alkyl halides is 1. The van der Waals surface area contributed by atoms with Gasteiger partial charge in [0.1, 0.15) is 6.54 Å². The molecule has 1 aliphatic carbocycles. The predicted octanol–water partition coefficient (Wildman–Crippen LogP) is 2.72. The first-order chi connectivity index (χ1) is 12.4. The molecule has 1 N–H and O–H groups in total. The maximum atomic E-state index is 12.8. The minimum absolute atomic E-state index is 0.0125. The van der Waals surface area contributed by atoms with Crippen molar-refractivity contribution < 1.29 is 14.0 Å². The molecule has 1 aromatic heterocycles. The van der Waals surface area contributed by atoms with E-state index in [2.05, 4.69) is 31.2 Å². The lowest BCUT2D eigenvalue weighted by molar-refractivity contribution is -0.117. The van der Waals surface area contributed by atoms with Crippen LogP contribution in [0.25, 0.3) is 0 Å². The number of carbonyl (C=O) groups excluding carboxylic acids is 2. The van der Waals surface area contributed by atoms with E-state index in [1.165, 1.54) is 4.90 Å². The highest BCUT2D eigenvalue weighted by atomic mass is 79.9. The highest BCUT2D eigenvalue weighted by molar-refractivity contribution is 9.10. The third-order valence-corrected chi connectivity index (χ3v) is 5.76. The second kappa shape index (κ2) is 6.28. The Kier molecular flexibility index (Phi) is 4.19. The van der Waals surface area contributed by atoms with Crippen LogP contribution in [0.1, 0.15) is 22.3 Å². The number of hydrogen-bond donors (Lipinski definition) is 1. The van der Waals surface area contributed by atoms with Gasteiger partial charge in [0.15, 0.2) is 5.82 Å². The summed E-state index contributed by atoms with van der Waals surface area (Å²) in [6.07, 6.45) is 2.67. The molecule has 2 aromatic rings. The first kappa shape index (κ1) is 17.4. The third-order valence-electron chi connectivity index (χ3n) is 4.70. The van der Waals surface area contributed by atoms with Gasteiger partial charge in [-0.25, -0.2) is 14.4 Å². The van der Waals surface area contributed by atoms with E-state index < -0.39 is 11.7 Å². The SMILES string of the molecule is O=C(CN1C[C@@]2(C[C@H]2Cl)c2cc(Br)ccc2C1=O)Nc1ncc(F)cn1. The van der Waals surface area contributed by atoms with Crippen LogP contribution in [0.4, 0.5) is 10.3 Å². The van der Waals surface area contributed by atoms with Gasteiger partial charge in [0.2, 0.25) is 11.9 Å². The van der Waals surface area contributed by atoms with Crippen LogP contribution in [-0.4, -0.2) is 45.1 Å². The number of amides is 2. The van der Waals surface area contributed by atoms with Crippen LogP contribution in [0, 0.1) is 5.82 Å². The van der Waals surface area contributed by atoms with E-state index >= 15 is 0 Å². The number of rotatable bonds is 3. The fourth-order valence-corrected chi connectivity index (χ4v) is 4.15.